The number of fused-ring (bicyclic) bond motifs is 3. The van der Waals surface area contributed by atoms with Crippen LogP contribution in [0.1, 0.15) is 18.9 Å². The summed E-state index contributed by atoms with van der Waals surface area (Å²) in [6.45, 7) is 2.23. The van der Waals surface area contributed by atoms with Crippen LogP contribution in [-0.2, 0) is 0 Å². The zero-order valence-corrected chi connectivity index (χ0v) is 12.3. The van der Waals surface area contributed by atoms with Crippen molar-refractivity contribution in [2.24, 2.45) is 0 Å². The van der Waals surface area contributed by atoms with Crippen molar-refractivity contribution in [1.82, 2.24) is 0 Å². The molecule has 2 aliphatic rings. The van der Waals surface area contributed by atoms with Crippen LogP contribution in [0, 0.1) is 0 Å². The van der Waals surface area contributed by atoms with Gasteiger partial charge in [-0.2, -0.15) is 0 Å². The van der Waals surface area contributed by atoms with Gasteiger partial charge < -0.3 is 0 Å². The van der Waals surface area contributed by atoms with Gasteiger partial charge in [0.2, 0.25) is 0 Å². The summed E-state index contributed by atoms with van der Waals surface area (Å²) in [6.07, 6.45) is 5.77. The Kier molecular flexibility index (Phi) is 2.82. The van der Waals surface area contributed by atoms with Crippen molar-refractivity contribution in [3.05, 3.63) is 71.8 Å². The molecule has 0 spiro atoms. The largest absolute Gasteiger partial charge is 0.116 e. The Morgan fingerprint density at radius 3 is 2.55 bits per heavy atom. The second kappa shape index (κ2) is 4.68. The lowest BCUT2D eigenvalue weighted by atomic mass is 9.92. The fourth-order valence-corrected chi connectivity index (χ4v) is 4.65. The Hall–Kier alpha value is -1.73. The van der Waals surface area contributed by atoms with E-state index in [1.54, 1.807) is 0 Å². The number of hydrogen-bond donors (Lipinski definition) is 0. The van der Waals surface area contributed by atoms with Crippen molar-refractivity contribution in [1.29, 1.82) is 0 Å². The highest BCUT2D eigenvalue weighted by Gasteiger charge is 2.30. The molecule has 0 amide bonds. The van der Waals surface area contributed by atoms with Crippen LogP contribution in [0.5, 0.6) is 0 Å². The predicted octanol–water partition coefficient (Wildman–Crippen LogP) is 5.56. The van der Waals surface area contributed by atoms with Crippen LogP contribution in [0.2, 0.25) is 0 Å². The lowest BCUT2D eigenvalue weighted by molar-refractivity contribution is 1.00. The smallest absolute Gasteiger partial charge is 0.0388 e. The number of benzene rings is 2. The summed E-state index contributed by atoms with van der Waals surface area (Å²) in [5, 5.41) is 0.611. The molecule has 2 aromatic carbocycles. The molecule has 0 nitrogen and oxygen atoms in total. The van der Waals surface area contributed by atoms with Gasteiger partial charge in [-0.05, 0) is 35.6 Å². The maximum atomic E-state index is 2.32. The maximum absolute atomic E-state index is 2.32. The van der Waals surface area contributed by atoms with Gasteiger partial charge in [-0.3, -0.25) is 0 Å². The summed E-state index contributed by atoms with van der Waals surface area (Å²) in [5.74, 6) is 0. The summed E-state index contributed by atoms with van der Waals surface area (Å²) < 4.78 is 0. The van der Waals surface area contributed by atoms with E-state index in [1.807, 2.05) is 11.8 Å². The molecule has 0 saturated carbocycles. The summed E-state index contributed by atoms with van der Waals surface area (Å²) in [5.41, 5.74) is 7.13. The van der Waals surface area contributed by atoms with Crippen LogP contribution in [0.25, 0.3) is 16.7 Å². The predicted molar refractivity (Wildman–Crippen MR) is 87.9 cm³/mol. The van der Waals surface area contributed by atoms with E-state index in [9.17, 15) is 0 Å². The zero-order chi connectivity index (χ0) is 13.5. The van der Waals surface area contributed by atoms with Gasteiger partial charge in [0.05, 0.1) is 0 Å². The Morgan fingerprint density at radius 1 is 0.900 bits per heavy atom. The molecule has 98 valence electrons. The first-order valence-electron chi connectivity index (χ1n) is 7.06. The van der Waals surface area contributed by atoms with Crippen molar-refractivity contribution in [2.75, 3.05) is 0 Å². The molecule has 0 aromatic heterocycles. The van der Waals surface area contributed by atoms with E-state index in [-0.39, 0.29) is 0 Å². The fraction of sp³-hybridized carbons (Fsp3) is 0.158. The van der Waals surface area contributed by atoms with Crippen LogP contribution >= 0.6 is 11.8 Å². The van der Waals surface area contributed by atoms with Gasteiger partial charge >= 0.3 is 0 Å². The number of rotatable bonds is 1. The third-order valence-electron chi connectivity index (χ3n) is 4.07. The molecule has 1 aliphatic heterocycles. The van der Waals surface area contributed by atoms with E-state index >= 15 is 0 Å². The second-order valence-electron chi connectivity index (χ2n) is 5.49. The molecule has 0 bridgehead atoms. The quantitative estimate of drug-likeness (QED) is 0.657. The molecule has 1 aliphatic carbocycles. The highest BCUT2D eigenvalue weighted by Crippen LogP contribution is 2.52. The van der Waals surface area contributed by atoms with E-state index in [0.717, 1.165) is 0 Å². The Bertz CT molecular complexity index is 723. The van der Waals surface area contributed by atoms with Crippen LogP contribution < -0.4 is 0 Å². The van der Waals surface area contributed by atoms with Gasteiger partial charge in [-0.15, -0.1) is 11.8 Å². The van der Waals surface area contributed by atoms with Gasteiger partial charge in [0.15, 0.2) is 0 Å². The first-order chi connectivity index (χ1) is 9.83. The maximum Gasteiger partial charge on any atom is 0.0388 e. The van der Waals surface area contributed by atoms with Gasteiger partial charge in [-0.1, -0.05) is 66.3 Å². The van der Waals surface area contributed by atoms with Gasteiger partial charge in [-0.25, -0.2) is 0 Å². The normalized spacial score (nSPS) is 19.9. The topological polar surface area (TPSA) is 0 Å². The third kappa shape index (κ3) is 1.85. The molecular formula is C19H16S. The first-order valence-corrected chi connectivity index (χ1v) is 7.94. The lowest BCUT2D eigenvalue weighted by Gasteiger charge is -2.15. The lowest BCUT2D eigenvalue weighted by Crippen LogP contribution is -2.03. The van der Waals surface area contributed by atoms with E-state index in [4.69, 9.17) is 0 Å². The summed E-state index contributed by atoms with van der Waals surface area (Å²) in [7, 11) is 0. The zero-order valence-electron chi connectivity index (χ0n) is 11.5. The molecule has 0 saturated heterocycles. The average molecular weight is 276 g/mol. The first kappa shape index (κ1) is 12.0. The van der Waals surface area contributed by atoms with E-state index in [1.165, 1.54) is 39.2 Å². The van der Waals surface area contributed by atoms with E-state index in [2.05, 4.69) is 67.6 Å². The van der Waals surface area contributed by atoms with Crippen molar-refractivity contribution >= 4 is 17.3 Å². The SMILES string of the molecule is CC1=CC=C2c3cccc(-c4ccccc4)c3SC2C1. The summed E-state index contributed by atoms with van der Waals surface area (Å²) in [4.78, 5) is 1.46. The average Bonchev–Trinajstić information content (AvgIpc) is 2.85. The monoisotopic (exact) mass is 276 g/mol. The standard InChI is InChI=1S/C19H16S/c1-13-10-11-16-17-9-5-8-15(14-6-3-2-4-7-14)19(17)20-18(16)12-13/h2-11,18H,12H2,1H3. The summed E-state index contributed by atoms with van der Waals surface area (Å²) in [6, 6.07) is 17.4. The van der Waals surface area contributed by atoms with Crippen molar-refractivity contribution in [3.63, 3.8) is 0 Å². The van der Waals surface area contributed by atoms with E-state index < -0.39 is 0 Å². The van der Waals surface area contributed by atoms with E-state index in [0.29, 0.717) is 5.25 Å². The highest BCUT2D eigenvalue weighted by atomic mass is 32.2. The van der Waals surface area contributed by atoms with Crippen LogP contribution in [0.3, 0.4) is 0 Å². The van der Waals surface area contributed by atoms with Crippen LogP contribution in [0.15, 0.2) is 71.2 Å². The molecule has 20 heavy (non-hydrogen) atoms. The van der Waals surface area contributed by atoms with Crippen molar-refractivity contribution < 1.29 is 0 Å². The van der Waals surface area contributed by atoms with Gasteiger partial charge in [0.25, 0.3) is 0 Å². The molecule has 1 atom stereocenters. The Morgan fingerprint density at radius 2 is 1.70 bits per heavy atom. The fourth-order valence-electron chi connectivity index (χ4n) is 3.06. The molecule has 4 rings (SSSR count). The number of allylic oxidation sites excluding steroid dienone is 3. The highest BCUT2D eigenvalue weighted by molar-refractivity contribution is 8.01. The molecule has 0 N–H and O–H groups in total. The molecular weight excluding hydrogens is 260 g/mol. The van der Waals surface area contributed by atoms with Gasteiger partial charge in [0, 0.05) is 10.1 Å². The molecule has 2 aromatic rings. The molecule has 1 heterocycles. The minimum atomic E-state index is 0.611. The van der Waals surface area contributed by atoms with Crippen LogP contribution in [-0.4, -0.2) is 5.25 Å². The van der Waals surface area contributed by atoms with Gasteiger partial charge in [0.1, 0.15) is 0 Å². The second-order valence-corrected chi connectivity index (χ2v) is 6.71. The Balaban J connectivity index is 1.87. The molecule has 1 heteroatoms. The Labute approximate surface area is 124 Å². The van der Waals surface area contributed by atoms with Crippen LogP contribution in [0.4, 0.5) is 0 Å². The molecule has 0 radical (unpaired) electrons. The number of hydrogen-bond acceptors (Lipinski definition) is 1. The third-order valence-corrected chi connectivity index (χ3v) is 5.45. The minimum absolute atomic E-state index is 0.611. The van der Waals surface area contributed by atoms with Crippen molar-refractivity contribution in [3.8, 4) is 11.1 Å². The van der Waals surface area contributed by atoms with Crippen molar-refractivity contribution in [2.45, 2.75) is 23.5 Å². The minimum Gasteiger partial charge on any atom is -0.116 e. The summed E-state index contributed by atoms with van der Waals surface area (Å²) >= 11 is 2.04. The molecule has 0 fully saturated rings. The molecule has 1 unspecified atom stereocenters. The number of thioether (sulfide) groups is 1.